The van der Waals surface area contributed by atoms with Crippen LogP contribution in [0.2, 0.25) is 0 Å². The number of rotatable bonds is 5. The Morgan fingerprint density at radius 2 is 1.00 bits per heavy atom. The van der Waals surface area contributed by atoms with Gasteiger partial charge in [-0.1, -0.05) is 107 Å². The zero-order valence-corrected chi connectivity index (χ0v) is 15.5. The van der Waals surface area contributed by atoms with Crippen LogP contribution in [-0.2, 0) is 10.2 Å². The maximum Gasteiger partial charge on any atom is 0.201 e. The van der Waals surface area contributed by atoms with E-state index in [2.05, 4.69) is 65.0 Å². The number of hydrogen-bond donors (Lipinski definition) is 1. The monoisotopic (exact) mass is 396 g/mol. The lowest BCUT2D eigenvalue weighted by atomic mass is 9.67. The van der Waals surface area contributed by atoms with Crippen molar-refractivity contribution in [1.29, 1.82) is 0 Å². The van der Waals surface area contributed by atoms with Gasteiger partial charge in [-0.25, -0.2) is 0 Å². The van der Waals surface area contributed by atoms with E-state index in [0.29, 0.717) is 0 Å². The van der Waals surface area contributed by atoms with E-state index >= 15 is 0 Å². The van der Waals surface area contributed by atoms with Gasteiger partial charge in [0.25, 0.3) is 0 Å². The van der Waals surface area contributed by atoms with Gasteiger partial charge in [-0.05, 0) is 16.7 Å². The van der Waals surface area contributed by atoms with Crippen LogP contribution in [0.3, 0.4) is 0 Å². The summed E-state index contributed by atoms with van der Waals surface area (Å²) >= 11 is 7.80. The summed E-state index contributed by atoms with van der Waals surface area (Å²) in [5.41, 5.74) is 2.49. The van der Waals surface area contributed by atoms with Gasteiger partial charge in [0.05, 0.1) is 5.41 Å². The summed E-state index contributed by atoms with van der Waals surface area (Å²) in [5.74, 6) is 0. The summed E-state index contributed by atoms with van der Waals surface area (Å²) in [6.45, 7) is 0. The molecular weight excluding hydrogens is 380 g/mol. The van der Waals surface area contributed by atoms with E-state index < -0.39 is 10.2 Å². The Morgan fingerprint density at radius 1 is 0.708 bits per heavy atom. The van der Waals surface area contributed by atoms with Crippen LogP contribution >= 0.6 is 28.6 Å². The Balaban J connectivity index is 2.39. The highest BCUT2D eigenvalue weighted by Crippen LogP contribution is 2.45. The van der Waals surface area contributed by atoms with Crippen LogP contribution < -0.4 is 0 Å². The first-order chi connectivity index (χ1) is 11.7. The molecule has 0 aromatic heterocycles. The van der Waals surface area contributed by atoms with Crippen LogP contribution in [0.1, 0.15) is 16.7 Å². The standard InChI is InChI=1S/C21H17BrOS/c22-19(20(23)24)21(16-10-4-1-5-11-16,17-12-6-2-7-13-17)18-14-8-3-9-15-18/h1-15,19H,(H,23,24). The predicted molar refractivity (Wildman–Crippen MR) is 106 cm³/mol. The third kappa shape index (κ3) is 2.94. The smallest absolute Gasteiger partial charge is 0.201 e. The molecule has 0 aliphatic heterocycles. The number of carbonyl (C=O) groups is 1. The second kappa shape index (κ2) is 7.37. The van der Waals surface area contributed by atoms with E-state index in [1.165, 1.54) is 0 Å². The van der Waals surface area contributed by atoms with E-state index in [4.69, 9.17) is 0 Å². The lowest BCUT2D eigenvalue weighted by Gasteiger charge is -2.38. The van der Waals surface area contributed by atoms with Crippen molar-refractivity contribution in [2.24, 2.45) is 0 Å². The fourth-order valence-electron chi connectivity index (χ4n) is 3.23. The summed E-state index contributed by atoms with van der Waals surface area (Å²) in [6, 6.07) is 30.3. The van der Waals surface area contributed by atoms with Crippen LogP contribution in [0, 0.1) is 0 Å². The van der Waals surface area contributed by atoms with Crippen molar-refractivity contribution in [2.45, 2.75) is 10.2 Å². The highest BCUT2D eigenvalue weighted by Gasteiger charge is 2.45. The van der Waals surface area contributed by atoms with Crippen molar-refractivity contribution in [2.75, 3.05) is 0 Å². The molecule has 0 amide bonds. The van der Waals surface area contributed by atoms with Crippen LogP contribution in [0.5, 0.6) is 0 Å². The summed E-state index contributed by atoms with van der Waals surface area (Å²) in [7, 11) is 0. The molecule has 0 radical (unpaired) electrons. The highest BCUT2D eigenvalue weighted by atomic mass is 79.9. The predicted octanol–water partition coefficient (Wildman–Crippen LogP) is 5.24. The number of halogens is 1. The number of carbonyl (C=O) groups excluding carboxylic acids is 1. The fourth-order valence-corrected chi connectivity index (χ4v) is 4.21. The number of hydrogen-bond acceptors (Lipinski definition) is 1. The average Bonchev–Trinajstić information content (AvgIpc) is 2.65. The first kappa shape index (κ1) is 17.0. The fraction of sp³-hybridized carbons (Fsp3) is 0.0952. The molecule has 0 aliphatic carbocycles. The molecule has 3 heteroatoms. The minimum atomic E-state index is -0.650. The molecule has 24 heavy (non-hydrogen) atoms. The Hall–Kier alpha value is -1.84. The molecule has 3 aromatic rings. The Bertz CT molecular complexity index is 706. The quantitative estimate of drug-likeness (QED) is 0.354. The summed E-state index contributed by atoms with van der Waals surface area (Å²) < 4.78 is 0. The van der Waals surface area contributed by atoms with Crippen molar-refractivity contribution in [1.82, 2.24) is 0 Å². The van der Waals surface area contributed by atoms with E-state index in [1.54, 1.807) is 0 Å². The number of alkyl halides is 1. The number of benzene rings is 3. The van der Waals surface area contributed by atoms with Gasteiger partial charge in [0.2, 0.25) is 5.12 Å². The molecule has 3 rings (SSSR count). The molecule has 1 atom stereocenters. The molecule has 120 valence electrons. The Labute approximate surface area is 156 Å². The molecule has 1 nitrogen and oxygen atoms in total. The summed E-state index contributed by atoms with van der Waals surface area (Å²) in [4.78, 5) is 11.8. The normalized spacial score (nSPS) is 12.6. The van der Waals surface area contributed by atoms with Gasteiger partial charge in [0, 0.05) is 0 Å². The van der Waals surface area contributed by atoms with Crippen molar-refractivity contribution in [3.8, 4) is 0 Å². The zero-order valence-electron chi connectivity index (χ0n) is 13.0. The lowest BCUT2D eigenvalue weighted by Crippen LogP contribution is -2.41. The van der Waals surface area contributed by atoms with Gasteiger partial charge in [0.15, 0.2) is 0 Å². The highest BCUT2D eigenvalue weighted by molar-refractivity contribution is 9.10. The van der Waals surface area contributed by atoms with Crippen LogP contribution in [0.15, 0.2) is 91.0 Å². The van der Waals surface area contributed by atoms with Crippen molar-refractivity contribution < 1.29 is 4.79 Å². The molecule has 0 fully saturated rings. The van der Waals surface area contributed by atoms with E-state index in [9.17, 15) is 4.79 Å². The minimum Gasteiger partial charge on any atom is -0.286 e. The first-order valence-corrected chi connectivity index (χ1v) is 9.07. The van der Waals surface area contributed by atoms with Gasteiger partial charge >= 0.3 is 0 Å². The molecule has 0 N–H and O–H groups in total. The molecule has 3 aromatic carbocycles. The van der Waals surface area contributed by atoms with Gasteiger partial charge < -0.3 is 0 Å². The zero-order chi connectivity index (χ0) is 17.0. The second-order valence-corrected chi connectivity index (χ2v) is 6.96. The molecule has 1 unspecified atom stereocenters. The molecule has 0 heterocycles. The lowest BCUT2D eigenvalue weighted by molar-refractivity contribution is -0.110. The molecule has 0 bridgehead atoms. The summed E-state index contributed by atoms with van der Waals surface area (Å²) in [6.07, 6.45) is 0. The van der Waals surface area contributed by atoms with Crippen LogP contribution in [-0.4, -0.2) is 9.94 Å². The molecular formula is C21H17BrOS. The van der Waals surface area contributed by atoms with Crippen LogP contribution in [0.4, 0.5) is 0 Å². The van der Waals surface area contributed by atoms with Gasteiger partial charge in [-0.15, -0.1) is 12.6 Å². The molecule has 0 spiro atoms. The van der Waals surface area contributed by atoms with E-state index in [-0.39, 0.29) is 5.12 Å². The topological polar surface area (TPSA) is 17.1 Å². The number of thiol groups is 1. The van der Waals surface area contributed by atoms with E-state index in [1.807, 2.05) is 54.6 Å². The SMILES string of the molecule is O=C(S)C(Br)C(c1ccccc1)(c1ccccc1)c1ccccc1. The summed E-state index contributed by atoms with van der Waals surface area (Å²) in [5, 5.41) is -0.202. The third-order valence-corrected chi connectivity index (χ3v) is 6.00. The van der Waals surface area contributed by atoms with Gasteiger partial charge in [-0.2, -0.15) is 0 Å². The Morgan fingerprint density at radius 3 is 1.25 bits per heavy atom. The first-order valence-electron chi connectivity index (χ1n) is 7.71. The largest absolute Gasteiger partial charge is 0.286 e. The maximum absolute atomic E-state index is 12.3. The Kier molecular flexibility index (Phi) is 5.22. The second-order valence-electron chi connectivity index (χ2n) is 5.61. The van der Waals surface area contributed by atoms with E-state index in [0.717, 1.165) is 16.7 Å². The maximum atomic E-state index is 12.3. The van der Waals surface area contributed by atoms with Crippen LogP contribution in [0.25, 0.3) is 0 Å². The van der Waals surface area contributed by atoms with Gasteiger partial charge in [-0.3, -0.25) is 4.79 Å². The van der Waals surface area contributed by atoms with Crippen molar-refractivity contribution in [3.63, 3.8) is 0 Å². The molecule has 0 saturated carbocycles. The molecule has 0 saturated heterocycles. The minimum absolute atomic E-state index is 0.202. The third-order valence-electron chi connectivity index (χ3n) is 4.28. The average molecular weight is 397 g/mol. The van der Waals surface area contributed by atoms with Crippen molar-refractivity contribution >= 4 is 33.7 Å². The molecule has 0 aliphatic rings. The van der Waals surface area contributed by atoms with Crippen molar-refractivity contribution in [3.05, 3.63) is 108 Å². The van der Waals surface area contributed by atoms with Gasteiger partial charge in [0.1, 0.15) is 4.83 Å².